The molecule has 100 valence electrons. The summed E-state index contributed by atoms with van der Waals surface area (Å²) in [4.78, 5) is 15.4. The zero-order chi connectivity index (χ0) is 14.0. The molecule has 1 N–H and O–H groups in total. The first-order chi connectivity index (χ1) is 8.88. The molecule has 3 nitrogen and oxygen atoms in total. The van der Waals surface area contributed by atoms with E-state index in [4.69, 9.17) is 11.6 Å². The molecule has 19 heavy (non-hydrogen) atoms. The maximum atomic E-state index is 12.5. The SMILES string of the molecule is O=C(Nc1cc(C(F)(F)F)ccc1Cl)c1cscn1. The lowest BCUT2D eigenvalue weighted by atomic mass is 10.2. The van der Waals surface area contributed by atoms with Crippen LogP contribution in [-0.4, -0.2) is 10.9 Å². The number of aromatic nitrogens is 1. The second-order valence-electron chi connectivity index (χ2n) is 3.52. The first kappa shape index (κ1) is 13.8. The number of hydrogen-bond acceptors (Lipinski definition) is 3. The average Bonchev–Trinajstić information content (AvgIpc) is 2.84. The van der Waals surface area contributed by atoms with E-state index in [0.29, 0.717) is 0 Å². The van der Waals surface area contributed by atoms with Crippen molar-refractivity contribution in [3.63, 3.8) is 0 Å². The number of alkyl halides is 3. The Morgan fingerprint density at radius 1 is 1.37 bits per heavy atom. The Bertz CT molecular complexity index is 598. The number of rotatable bonds is 2. The number of thiazole rings is 1. The smallest absolute Gasteiger partial charge is 0.319 e. The summed E-state index contributed by atoms with van der Waals surface area (Å²) in [6.45, 7) is 0. The molecule has 1 amide bonds. The Balaban J connectivity index is 2.27. The highest BCUT2D eigenvalue weighted by molar-refractivity contribution is 7.07. The number of nitrogens with zero attached hydrogens (tertiary/aromatic N) is 1. The molecular weight excluding hydrogens is 301 g/mol. The van der Waals surface area contributed by atoms with Crippen LogP contribution in [0.15, 0.2) is 29.1 Å². The fourth-order valence-electron chi connectivity index (χ4n) is 1.31. The fraction of sp³-hybridized carbons (Fsp3) is 0.0909. The number of anilines is 1. The van der Waals surface area contributed by atoms with Gasteiger partial charge in [-0.3, -0.25) is 4.79 Å². The summed E-state index contributed by atoms with van der Waals surface area (Å²) >= 11 is 6.96. The Kier molecular flexibility index (Phi) is 3.77. The molecule has 2 rings (SSSR count). The van der Waals surface area contributed by atoms with E-state index in [2.05, 4.69) is 10.3 Å². The van der Waals surface area contributed by atoms with Crippen LogP contribution in [0.2, 0.25) is 5.02 Å². The fourth-order valence-corrected chi connectivity index (χ4v) is 2.01. The van der Waals surface area contributed by atoms with Crippen molar-refractivity contribution in [3.05, 3.63) is 45.4 Å². The quantitative estimate of drug-likeness (QED) is 0.909. The van der Waals surface area contributed by atoms with Crippen molar-refractivity contribution in [2.45, 2.75) is 6.18 Å². The topological polar surface area (TPSA) is 42.0 Å². The Labute approximate surface area is 115 Å². The summed E-state index contributed by atoms with van der Waals surface area (Å²) in [6, 6.07) is 2.72. The summed E-state index contributed by atoms with van der Waals surface area (Å²) in [5.41, 5.74) is 0.585. The van der Waals surface area contributed by atoms with Gasteiger partial charge in [0.2, 0.25) is 0 Å². The van der Waals surface area contributed by atoms with Crippen LogP contribution >= 0.6 is 22.9 Å². The van der Waals surface area contributed by atoms with E-state index in [9.17, 15) is 18.0 Å². The molecule has 8 heteroatoms. The van der Waals surface area contributed by atoms with Crippen LogP contribution in [0.25, 0.3) is 0 Å². The third kappa shape index (κ3) is 3.24. The van der Waals surface area contributed by atoms with Crippen molar-refractivity contribution < 1.29 is 18.0 Å². The average molecular weight is 307 g/mol. The van der Waals surface area contributed by atoms with Crippen LogP contribution in [-0.2, 0) is 6.18 Å². The molecule has 0 fully saturated rings. The first-order valence-electron chi connectivity index (χ1n) is 4.94. The zero-order valence-corrected chi connectivity index (χ0v) is 10.7. The monoisotopic (exact) mass is 306 g/mol. The maximum Gasteiger partial charge on any atom is 0.416 e. The summed E-state index contributed by atoms with van der Waals surface area (Å²) in [7, 11) is 0. The predicted molar refractivity (Wildman–Crippen MR) is 66.5 cm³/mol. The van der Waals surface area contributed by atoms with E-state index in [-0.39, 0.29) is 16.4 Å². The standard InChI is InChI=1S/C11H6ClF3N2OS/c12-7-2-1-6(11(13,14)15)3-8(7)17-10(18)9-4-19-5-16-9/h1-5H,(H,17,18). The molecule has 2 aromatic rings. The minimum atomic E-state index is -4.50. The summed E-state index contributed by atoms with van der Waals surface area (Å²) < 4.78 is 37.6. The van der Waals surface area contributed by atoms with Gasteiger partial charge in [0.1, 0.15) is 5.69 Å². The van der Waals surface area contributed by atoms with E-state index in [1.807, 2.05) is 0 Å². The van der Waals surface area contributed by atoms with Crippen LogP contribution in [0.1, 0.15) is 16.1 Å². The van der Waals surface area contributed by atoms with Crippen molar-refractivity contribution in [3.8, 4) is 0 Å². The highest BCUT2D eigenvalue weighted by Crippen LogP contribution is 2.33. The molecule has 0 atom stereocenters. The van der Waals surface area contributed by atoms with Crippen LogP contribution < -0.4 is 5.32 Å². The van der Waals surface area contributed by atoms with Gasteiger partial charge < -0.3 is 5.32 Å². The third-order valence-electron chi connectivity index (χ3n) is 2.21. The van der Waals surface area contributed by atoms with Crippen molar-refractivity contribution in [2.24, 2.45) is 0 Å². The number of benzene rings is 1. The van der Waals surface area contributed by atoms with E-state index in [1.54, 1.807) is 0 Å². The summed E-state index contributed by atoms with van der Waals surface area (Å²) in [6.07, 6.45) is -4.50. The molecule has 0 unspecified atom stereocenters. The highest BCUT2D eigenvalue weighted by atomic mass is 35.5. The molecule has 0 bridgehead atoms. The molecule has 0 aliphatic rings. The second-order valence-corrected chi connectivity index (χ2v) is 4.65. The predicted octanol–water partition coefficient (Wildman–Crippen LogP) is 4.07. The minimum absolute atomic E-state index is 0.0246. The number of carbonyl (C=O) groups excluding carboxylic acids is 1. The summed E-state index contributed by atoms with van der Waals surface area (Å²) in [5, 5.41) is 3.81. The van der Waals surface area contributed by atoms with Crippen molar-refractivity contribution in [1.29, 1.82) is 0 Å². The molecule has 1 heterocycles. The molecule has 0 saturated carbocycles. The molecule has 0 radical (unpaired) electrons. The van der Waals surface area contributed by atoms with E-state index >= 15 is 0 Å². The van der Waals surface area contributed by atoms with Gasteiger partial charge in [0.05, 0.1) is 21.8 Å². The van der Waals surface area contributed by atoms with Gasteiger partial charge in [0, 0.05) is 5.38 Å². The number of amides is 1. The largest absolute Gasteiger partial charge is 0.416 e. The van der Waals surface area contributed by atoms with Crippen molar-refractivity contribution >= 4 is 34.5 Å². The van der Waals surface area contributed by atoms with Crippen LogP contribution in [0.4, 0.5) is 18.9 Å². The van der Waals surface area contributed by atoms with Crippen molar-refractivity contribution in [2.75, 3.05) is 5.32 Å². The molecule has 1 aromatic carbocycles. The van der Waals surface area contributed by atoms with Crippen LogP contribution in [0, 0.1) is 0 Å². The number of halogens is 4. The van der Waals surface area contributed by atoms with Crippen LogP contribution in [0.5, 0.6) is 0 Å². The Morgan fingerprint density at radius 2 is 2.11 bits per heavy atom. The van der Waals surface area contributed by atoms with Crippen molar-refractivity contribution in [1.82, 2.24) is 4.98 Å². The molecular formula is C11H6ClF3N2OS. The molecule has 0 aliphatic carbocycles. The number of hydrogen-bond donors (Lipinski definition) is 1. The number of nitrogens with one attached hydrogen (secondary N) is 1. The Morgan fingerprint density at radius 3 is 2.68 bits per heavy atom. The molecule has 0 spiro atoms. The van der Waals surface area contributed by atoms with Crippen LogP contribution in [0.3, 0.4) is 0 Å². The van der Waals surface area contributed by atoms with Gasteiger partial charge in [-0.2, -0.15) is 13.2 Å². The highest BCUT2D eigenvalue weighted by Gasteiger charge is 2.31. The lowest BCUT2D eigenvalue weighted by molar-refractivity contribution is -0.137. The maximum absolute atomic E-state index is 12.5. The molecule has 1 aromatic heterocycles. The van der Waals surface area contributed by atoms with Gasteiger partial charge in [-0.15, -0.1) is 11.3 Å². The van der Waals surface area contributed by atoms with E-state index in [1.165, 1.54) is 22.2 Å². The third-order valence-corrected chi connectivity index (χ3v) is 3.12. The lowest BCUT2D eigenvalue weighted by Gasteiger charge is -2.10. The Hall–Kier alpha value is -1.60. The molecule has 0 aliphatic heterocycles. The number of carbonyl (C=O) groups is 1. The van der Waals surface area contributed by atoms with Gasteiger partial charge in [-0.25, -0.2) is 4.98 Å². The lowest BCUT2D eigenvalue weighted by Crippen LogP contribution is -2.13. The van der Waals surface area contributed by atoms with Gasteiger partial charge in [-0.1, -0.05) is 11.6 Å². The normalized spacial score (nSPS) is 11.4. The van der Waals surface area contributed by atoms with Gasteiger partial charge in [0.25, 0.3) is 5.91 Å². The van der Waals surface area contributed by atoms with Gasteiger partial charge >= 0.3 is 6.18 Å². The summed E-state index contributed by atoms with van der Waals surface area (Å²) in [5.74, 6) is -0.609. The first-order valence-corrected chi connectivity index (χ1v) is 6.26. The minimum Gasteiger partial charge on any atom is -0.319 e. The zero-order valence-electron chi connectivity index (χ0n) is 9.16. The van der Waals surface area contributed by atoms with E-state index in [0.717, 1.165) is 18.2 Å². The molecule has 0 saturated heterocycles. The van der Waals surface area contributed by atoms with E-state index < -0.39 is 17.6 Å². The second kappa shape index (κ2) is 5.18. The van der Waals surface area contributed by atoms with Gasteiger partial charge in [-0.05, 0) is 18.2 Å². The van der Waals surface area contributed by atoms with Gasteiger partial charge in [0.15, 0.2) is 0 Å².